The number of benzene rings is 2. The number of rotatable bonds is 6. The lowest BCUT2D eigenvalue weighted by molar-refractivity contribution is -0.144. The largest absolute Gasteiger partial charge is 0.481 e. The summed E-state index contributed by atoms with van der Waals surface area (Å²) < 4.78 is 122. The van der Waals surface area contributed by atoms with E-state index in [1.54, 1.807) is 6.92 Å². The number of nitrogens with zero attached hydrogens (tertiary/aromatic N) is 4. The summed E-state index contributed by atoms with van der Waals surface area (Å²) in [7, 11) is 1.42. The lowest BCUT2D eigenvalue weighted by Gasteiger charge is -2.43. The molecule has 0 radical (unpaired) electrons. The zero-order valence-corrected chi connectivity index (χ0v) is 26.2. The third-order valence-corrected chi connectivity index (χ3v) is 9.16. The number of aliphatic carboxylic acids is 1. The van der Waals surface area contributed by atoms with Gasteiger partial charge in [-0.1, -0.05) is 6.92 Å². The van der Waals surface area contributed by atoms with E-state index >= 15 is 0 Å². The van der Waals surface area contributed by atoms with E-state index < -0.39 is 77.6 Å². The number of halogens is 9. The lowest BCUT2D eigenvalue weighted by atomic mass is 9.80. The number of anilines is 1. The highest BCUT2D eigenvalue weighted by Gasteiger charge is 2.43. The Labute approximate surface area is 274 Å². The molecule has 2 heterocycles. The average molecular weight is 709 g/mol. The first kappa shape index (κ1) is 36.2. The molecule has 3 N–H and O–H groups in total. The maximum absolute atomic E-state index is 14.1. The molecule has 1 amide bonds. The van der Waals surface area contributed by atoms with E-state index in [2.05, 4.69) is 11.0 Å². The van der Waals surface area contributed by atoms with Crippen LogP contribution in [0.25, 0.3) is 0 Å². The maximum atomic E-state index is 14.1. The van der Waals surface area contributed by atoms with Crippen molar-refractivity contribution in [2.45, 2.75) is 82.6 Å². The number of alkyl halides is 9. The molecule has 2 aliphatic heterocycles. The van der Waals surface area contributed by atoms with Gasteiger partial charge in [0.1, 0.15) is 0 Å². The van der Waals surface area contributed by atoms with Crippen LogP contribution in [0.4, 0.5) is 45.2 Å². The predicted molar refractivity (Wildman–Crippen MR) is 157 cm³/mol. The summed E-state index contributed by atoms with van der Waals surface area (Å²) in [5.41, 5.74) is 1.49. The van der Waals surface area contributed by atoms with E-state index in [1.165, 1.54) is 28.1 Å². The summed E-state index contributed by atoms with van der Waals surface area (Å²) in [5.74, 6) is -2.62. The van der Waals surface area contributed by atoms with E-state index in [1.807, 2.05) is 0 Å². The van der Waals surface area contributed by atoms with Gasteiger partial charge in [-0.3, -0.25) is 20.0 Å². The molecule has 3 aliphatic rings. The van der Waals surface area contributed by atoms with Crippen LogP contribution in [0, 0.1) is 11.8 Å². The fourth-order valence-corrected chi connectivity index (χ4v) is 6.64. The molecule has 49 heavy (non-hydrogen) atoms. The number of hydrogen-bond donors (Lipinski definition) is 3. The van der Waals surface area contributed by atoms with Gasteiger partial charge in [-0.15, -0.1) is 10.7 Å². The van der Waals surface area contributed by atoms with Gasteiger partial charge in [0.05, 0.1) is 41.2 Å². The van der Waals surface area contributed by atoms with Crippen molar-refractivity contribution in [1.29, 1.82) is 0 Å². The van der Waals surface area contributed by atoms with Crippen molar-refractivity contribution < 1.29 is 54.2 Å². The molecule has 2 atom stereocenters. The Morgan fingerprint density at radius 3 is 1.96 bits per heavy atom. The highest BCUT2D eigenvalue weighted by Crippen LogP contribution is 2.41. The summed E-state index contributed by atoms with van der Waals surface area (Å²) in [6, 6.07) is 2.62. The quantitative estimate of drug-likeness (QED) is 0.299. The van der Waals surface area contributed by atoms with Crippen molar-refractivity contribution in [2.24, 2.45) is 16.8 Å². The van der Waals surface area contributed by atoms with Crippen LogP contribution >= 0.6 is 0 Å². The third kappa shape index (κ3) is 7.74. The highest BCUT2D eigenvalue weighted by molar-refractivity contribution is 5.97. The van der Waals surface area contributed by atoms with Gasteiger partial charge >= 0.3 is 24.5 Å². The number of nitrogens with one attached hydrogen (secondary N) is 2. The topological polar surface area (TPSA) is 101 Å². The number of carboxylic acids is 1. The third-order valence-electron chi connectivity index (χ3n) is 9.16. The summed E-state index contributed by atoms with van der Waals surface area (Å²) in [4.78, 5) is 31.7. The number of carbonyl (C=O) groups excluding carboxylic acids is 1. The normalized spacial score (nSPS) is 24.6. The molecule has 268 valence electrons. The van der Waals surface area contributed by atoms with Crippen LogP contribution in [0.1, 0.15) is 66.8 Å². The van der Waals surface area contributed by atoms with Crippen molar-refractivity contribution >= 4 is 23.5 Å². The standard InChI is InChI=1S/C31H33F9N6O3/c1-3-24-23(41-28-42-43-44(2)45(28)15-16-10-21(30(35,36)37)14-22(11-16)31(38,39)40)13-19-12-20(29(32,33)34)8-9-25(19)46(24)26(47)17-4-6-18(7-5-17)27(48)49/h8-12,14,17-18,23-24,43H,3-7,13,15H2,1-2H3,(H,41,42)(H,48,49). The lowest BCUT2D eigenvalue weighted by Crippen LogP contribution is -2.53. The maximum Gasteiger partial charge on any atom is 0.416 e. The van der Waals surface area contributed by atoms with E-state index in [0.29, 0.717) is 12.1 Å². The molecule has 1 saturated heterocycles. The van der Waals surface area contributed by atoms with Gasteiger partial charge < -0.3 is 10.0 Å². The molecular formula is C31H33F9N6O3. The molecule has 2 aromatic rings. The van der Waals surface area contributed by atoms with Gasteiger partial charge in [0.2, 0.25) is 11.9 Å². The molecule has 0 spiro atoms. The fraction of sp³-hybridized carbons (Fsp3) is 0.516. The van der Waals surface area contributed by atoms with Crippen molar-refractivity contribution in [1.82, 2.24) is 21.1 Å². The number of amides is 1. The summed E-state index contributed by atoms with van der Waals surface area (Å²) in [5, 5.41) is 11.9. The van der Waals surface area contributed by atoms with Crippen LogP contribution in [0.3, 0.4) is 0 Å². The molecule has 0 aromatic heterocycles. The van der Waals surface area contributed by atoms with Gasteiger partial charge in [-0.05, 0) is 86.1 Å². The van der Waals surface area contributed by atoms with Gasteiger partial charge in [-0.25, -0.2) is 4.99 Å². The molecule has 2 fully saturated rings. The monoisotopic (exact) mass is 708 g/mol. The second kappa shape index (κ2) is 13.3. The van der Waals surface area contributed by atoms with Crippen LogP contribution in [-0.2, 0) is 41.1 Å². The summed E-state index contributed by atoms with van der Waals surface area (Å²) in [6.07, 6.45) is -13.6. The highest BCUT2D eigenvalue weighted by atomic mass is 19.4. The Kier molecular flexibility index (Phi) is 9.86. The number of aliphatic imine (C=N–C) groups is 1. The first-order chi connectivity index (χ1) is 22.8. The van der Waals surface area contributed by atoms with Crippen LogP contribution in [-0.4, -0.2) is 52.2 Å². The predicted octanol–water partition coefficient (Wildman–Crippen LogP) is 6.40. The Hall–Kier alpha value is -4.06. The van der Waals surface area contributed by atoms with Crippen molar-refractivity contribution in [3.63, 3.8) is 0 Å². The Balaban J connectivity index is 1.52. The van der Waals surface area contributed by atoms with E-state index in [4.69, 9.17) is 4.99 Å². The molecule has 9 nitrogen and oxygen atoms in total. The van der Waals surface area contributed by atoms with Gasteiger partial charge in [0.25, 0.3) is 0 Å². The summed E-state index contributed by atoms with van der Waals surface area (Å²) in [6.45, 7) is 1.23. The first-order valence-electron chi connectivity index (χ1n) is 15.4. The molecule has 1 aliphatic carbocycles. The minimum Gasteiger partial charge on any atom is -0.481 e. The van der Waals surface area contributed by atoms with Gasteiger partial charge in [-0.2, -0.15) is 39.5 Å². The number of carboxylic acid groups (broad SMARTS) is 1. The van der Waals surface area contributed by atoms with Crippen LogP contribution in [0.2, 0.25) is 0 Å². The second-order valence-corrected chi connectivity index (χ2v) is 12.4. The number of guanidine groups is 1. The molecule has 2 aromatic carbocycles. The summed E-state index contributed by atoms with van der Waals surface area (Å²) >= 11 is 0. The smallest absolute Gasteiger partial charge is 0.416 e. The minimum absolute atomic E-state index is 0.0168. The second-order valence-electron chi connectivity index (χ2n) is 12.4. The van der Waals surface area contributed by atoms with Crippen molar-refractivity contribution in [2.75, 3.05) is 11.9 Å². The number of fused-ring (bicyclic) bond motifs is 1. The molecule has 5 rings (SSSR count). The zero-order chi connectivity index (χ0) is 36.1. The average Bonchev–Trinajstić information content (AvgIpc) is 3.36. The SMILES string of the molecule is CCC1C(N=C2NNN(C)N2Cc2cc(C(F)(F)F)cc(C(F)(F)F)c2)Cc2cc(C(F)(F)F)ccc2N1C(=O)C1CCC(C(=O)O)CC1. The number of hydrogen-bond acceptors (Lipinski definition) is 5. The Morgan fingerprint density at radius 2 is 1.43 bits per heavy atom. The zero-order valence-electron chi connectivity index (χ0n) is 26.2. The molecular weight excluding hydrogens is 675 g/mol. The van der Waals surface area contributed by atoms with Crippen molar-refractivity contribution in [3.05, 3.63) is 64.2 Å². The Bertz CT molecular complexity index is 1570. The van der Waals surface area contributed by atoms with Crippen LogP contribution < -0.4 is 15.9 Å². The van der Waals surface area contributed by atoms with E-state index in [-0.39, 0.29) is 67.4 Å². The number of hydrazine groups is 3. The Morgan fingerprint density at radius 1 is 0.857 bits per heavy atom. The van der Waals surface area contributed by atoms with Crippen LogP contribution in [0.5, 0.6) is 0 Å². The van der Waals surface area contributed by atoms with Gasteiger partial charge in [0.15, 0.2) is 0 Å². The molecule has 18 heteroatoms. The number of carbonyl (C=O) groups is 2. The molecule has 0 bridgehead atoms. The minimum atomic E-state index is -5.07. The first-order valence-corrected chi connectivity index (χ1v) is 15.4. The molecule has 2 unspecified atom stereocenters. The molecule has 1 saturated carbocycles. The fourth-order valence-electron chi connectivity index (χ4n) is 6.64. The van der Waals surface area contributed by atoms with E-state index in [9.17, 15) is 54.2 Å². The van der Waals surface area contributed by atoms with E-state index in [0.717, 1.165) is 12.1 Å². The van der Waals surface area contributed by atoms with Gasteiger partial charge in [0, 0.05) is 18.7 Å². The van der Waals surface area contributed by atoms with Crippen LogP contribution in [0.15, 0.2) is 41.4 Å². The van der Waals surface area contributed by atoms with Crippen molar-refractivity contribution in [3.8, 4) is 0 Å².